The average molecular weight is 416 g/mol. The lowest BCUT2D eigenvalue weighted by atomic mass is 10.1. The molecule has 1 N–H and O–H groups in total. The van der Waals surface area contributed by atoms with Crippen LogP contribution >= 0.6 is 0 Å². The van der Waals surface area contributed by atoms with Gasteiger partial charge in [-0.25, -0.2) is 4.79 Å². The van der Waals surface area contributed by atoms with E-state index in [1.807, 2.05) is 95.9 Å². The predicted molar refractivity (Wildman–Crippen MR) is 123 cm³/mol. The van der Waals surface area contributed by atoms with E-state index in [2.05, 4.69) is 5.32 Å². The third-order valence-corrected chi connectivity index (χ3v) is 5.01. The number of carbonyl (C=O) groups is 2. The van der Waals surface area contributed by atoms with Crippen LogP contribution in [0, 0.1) is 0 Å². The number of hydrogen-bond donors (Lipinski definition) is 1. The van der Waals surface area contributed by atoms with E-state index in [1.165, 1.54) is 0 Å². The molecule has 0 saturated heterocycles. The van der Waals surface area contributed by atoms with Gasteiger partial charge in [0.15, 0.2) is 0 Å². The molecule has 5 heteroatoms. The molecule has 3 amide bonds. The molecule has 31 heavy (non-hydrogen) atoms. The molecule has 0 aromatic heterocycles. The fourth-order valence-corrected chi connectivity index (χ4v) is 3.34. The molecule has 3 aromatic carbocycles. The lowest BCUT2D eigenvalue weighted by Gasteiger charge is -2.24. The van der Waals surface area contributed by atoms with Crippen molar-refractivity contribution in [2.24, 2.45) is 0 Å². The summed E-state index contributed by atoms with van der Waals surface area (Å²) in [5, 5.41) is 2.86. The highest BCUT2D eigenvalue weighted by molar-refractivity contribution is 5.78. The number of nitrogens with zero attached hydrogens (tertiary/aromatic N) is 2. The van der Waals surface area contributed by atoms with Gasteiger partial charge in [-0.3, -0.25) is 4.79 Å². The molecule has 0 radical (unpaired) electrons. The highest BCUT2D eigenvalue weighted by atomic mass is 16.2. The van der Waals surface area contributed by atoms with Crippen LogP contribution in [-0.2, 0) is 24.4 Å². The van der Waals surface area contributed by atoms with Crippen molar-refractivity contribution >= 4 is 11.9 Å². The number of hydrogen-bond acceptors (Lipinski definition) is 2. The third-order valence-electron chi connectivity index (χ3n) is 5.01. The van der Waals surface area contributed by atoms with Gasteiger partial charge >= 0.3 is 6.03 Å². The first-order valence-corrected chi connectivity index (χ1v) is 10.5. The second-order valence-corrected chi connectivity index (χ2v) is 7.54. The highest BCUT2D eigenvalue weighted by Crippen LogP contribution is 2.11. The number of nitrogens with one attached hydrogen (secondary N) is 1. The van der Waals surface area contributed by atoms with Crippen molar-refractivity contribution in [3.63, 3.8) is 0 Å². The van der Waals surface area contributed by atoms with Gasteiger partial charge in [0.2, 0.25) is 5.91 Å². The van der Waals surface area contributed by atoms with Gasteiger partial charge in [-0.05, 0) is 16.7 Å². The molecule has 0 aliphatic carbocycles. The van der Waals surface area contributed by atoms with E-state index in [1.54, 1.807) is 11.9 Å². The number of carbonyl (C=O) groups excluding carboxylic acids is 2. The van der Waals surface area contributed by atoms with Crippen molar-refractivity contribution in [3.05, 3.63) is 108 Å². The topological polar surface area (TPSA) is 52.7 Å². The maximum Gasteiger partial charge on any atom is 0.317 e. The first-order valence-electron chi connectivity index (χ1n) is 10.5. The number of benzene rings is 3. The molecule has 0 unspecified atom stereocenters. The summed E-state index contributed by atoms with van der Waals surface area (Å²) in [7, 11) is 1.75. The second-order valence-electron chi connectivity index (χ2n) is 7.54. The molecule has 3 rings (SSSR count). The van der Waals surface area contributed by atoms with Gasteiger partial charge in [0.25, 0.3) is 0 Å². The summed E-state index contributed by atoms with van der Waals surface area (Å²) in [5.41, 5.74) is 3.23. The summed E-state index contributed by atoms with van der Waals surface area (Å²) < 4.78 is 0. The van der Waals surface area contributed by atoms with Crippen molar-refractivity contribution < 1.29 is 9.59 Å². The van der Waals surface area contributed by atoms with E-state index in [0.29, 0.717) is 26.2 Å². The first kappa shape index (κ1) is 22.1. The highest BCUT2D eigenvalue weighted by Gasteiger charge is 2.16. The Hall–Kier alpha value is -3.60. The van der Waals surface area contributed by atoms with Crippen LogP contribution in [0.2, 0.25) is 0 Å². The van der Waals surface area contributed by atoms with E-state index in [-0.39, 0.29) is 18.4 Å². The number of rotatable bonds is 9. The van der Waals surface area contributed by atoms with Gasteiger partial charge in [-0.1, -0.05) is 91.0 Å². The maximum absolute atomic E-state index is 13.0. The Labute approximate surface area is 184 Å². The van der Waals surface area contributed by atoms with Crippen molar-refractivity contribution in [3.8, 4) is 0 Å². The number of urea groups is 1. The van der Waals surface area contributed by atoms with Gasteiger partial charge in [0, 0.05) is 39.6 Å². The van der Waals surface area contributed by atoms with Crippen LogP contribution in [0.15, 0.2) is 91.0 Å². The van der Waals surface area contributed by atoms with Gasteiger partial charge in [0.05, 0.1) is 0 Å². The lowest BCUT2D eigenvalue weighted by molar-refractivity contribution is -0.132. The van der Waals surface area contributed by atoms with Crippen molar-refractivity contribution in [1.82, 2.24) is 15.1 Å². The summed E-state index contributed by atoms with van der Waals surface area (Å²) in [6.07, 6.45) is 0.255. The molecule has 160 valence electrons. The minimum Gasteiger partial charge on any atom is -0.337 e. The van der Waals surface area contributed by atoms with Crippen molar-refractivity contribution in [2.75, 3.05) is 13.6 Å². The van der Waals surface area contributed by atoms with Gasteiger partial charge in [0.1, 0.15) is 0 Å². The molecule has 0 fully saturated rings. The Balaban J connectivity index is 1.53. The third kappa shape index (κ3) is 7.30. The molecule has 0 atom stereocenters. The van der Waals surface area contributed by atoms with Gasteiger partial charge in [-0.15, -0.1) is 0 Å². The van der Waals surface area contributed by atoms with Crippen molar-refractivity contribution in [1.29, 1.82) is 0 Å². The lowest BCUT2D eigenvalue weighted by Crippen LogP contribution is -2.39. The van der Waals surface area contributed by atoms with E-state index < -0.39 is 0 Å². The Bertz CT molecular complexity index is 905. The molecule has 0 spiro atoms. The largest absolute Gasteiger partial charge is 0.337 e. The molecule has 3 aromatic rings. The van der Waals surface area contributed by atoms with Crippen LogP contribution in [0.3, 0.4) is 0 Å². The zero-order valence-corrected chi connectivity index (χ0v) is 17.9. The standard InChI is InChI=1S/C26H29N3O2/c1-28(19-22-11-5-2-6-12-22)26(31)27-18-17-25(30)29(20-23-13-7-3-8-14-23)21-24-15-9-4-10-16-24/h2-16H,17-21H2,1H3,(H,27,31). The molecule has 5 nitrogen and oxygen atoms in total. The summed E-state index contributed by atoms with van der Waals surface area (Å²) >= 11 is 0. The van der Waals surface area contributed by atoms with Crippen LogP contribution in [0.1, 0.15) is 23.1 Å². The van der Waals surface area contributed by atoms with Crippen LogP contribution in [0.4, 0.5) is 4.79 Å². The zero-order valence-electron chi connectivity index (χ0n) is 17.9. The molecule has 0 aliphatic rings. The molecule has 0 bridgehead atoms. The summed E-state index contributed by atoms with van der Waals surface area (Å²) in [5.74, 6) is 0.0127. The smallest absolute Gasteiger partial charge is 0.317 e. The average Bonchev–Trinajstić information content (AvgIpc) is 2.80. The molecule has 0 aliphatic heterocycles. The van der Waals surface area contributed by atoms with Crippen LogP contribution < -0.4 is 5.32 Å². The minimum absolute atomic E-state index is 0.0127. The van der Waals surface area contributed by atoms with E-state index in [0.717, 1.165) is 16.7 Å². The normalized spacial score (nSPS) is 10.4. The summed E-state index contributed by atoms with van der Waals surface area (Å²) in [6, 6.07) is 29.6. The SMILES string of the molecule is CN(Cc1ccccc1)C(=O)NCCC(=O)N(Cc1ccccc1)Cc1ccccc1. The summed E-state index contributed by atoms with van der Waals surface area (Å²) in [4.78, 5) is 28.8. The molecule has 0 heterocycles. The van der Waals surface area contributed by atoms with E-state index in [4.69, 9.17) is 0 Å². The maximum atomic E-state index is 13.0. The van der Waals surface area contributed by atoms with Crippen LogP contribution in [0.25, 0.3) is 0 Å². The Morgan fingerprint density at radius 3 is 1.55 bits per heavy atom. The number of amides is 3. The first-order chi connectivity index (χ1) is 15.1. The summed E-state index contributed by atoms with van der Waals surface area (Å²) in [6.45, 7) is 1.90. The molecule has 0 saturated carbocycles. The van der Waals surface area contributed by atoms with E-state index >= 15 is 0 Å². The van der Waals surface area contributed by atoms with Crippen LogP contribution in [-0.4, -0.2) is 35.3 Å². The zero-order chi connectivity index (χ0) is 21.9. The van der Waals surface area contributed by atoms with Crippen LogP contribution in [0.5, 0.6) is 0 Å². The molecular formula is C26H29N3O2. The fourth-order valence-electron chi connectivity index (χ4n) is 3.34. The van der Waals surface area contributed by atoms with E-state index in [9.17, 15) is 9.59 Å². The van der Waals surface area contributed by atoms with Crippen molar-refractivity contribution in [2.45, 2.75) is 26.1 Å². The quantitative estimate of drug-likeness (QED) is 0.561. The van der Waals surface area contributed by atoms with Gasteiger partial charge < -0.3 is 15.1 Å². The monoisotopic (exact) mass is 415 g/mol. The Morgan fingerprint density at radius 2 is 1.10 bits per heavy atom. The second kappa shape index (κ2) is 11.6. The Morgan fingerprint density at radius 1 is 0.677 bits per heavy atom. The van der Waals surface area contributed by atoms with Gasteiger partial charge in [-0.2, -0.15) is 0 Å². The minimum atomic E-state index is -0.186. The fraction of sp³-hybridized carbons (Fsp3) is 0.231. The molecular weight excluding hydrogens is 386 g/mol. The Kier molecular flexibility index (Phi) is 8.23. The predicted octanol–water partition coefficient (Wildman–Crippen LogP) is 4.45.